The fraction of sp³-hybridized carbons (Fsp3) is 0.200. The molecule has 1 aliphatic carbocycles. The van der Waals surface area contributed by atoms with Crippen LogP contribution in [0.4, 0.5) is 10.1 Å². The number of carbonyl (C=O) groups excluding carboxylic acids is 1. The predicted molar refractivity (Wildman–Crippen MR) is 98.6 cm³/mol. The summed E-state index contributed by atoms with van der Waals surface area (Å²) in [6.07, 6.45) is 1.74. The molecular formula is C20H16FN3OS. The third-order valence-corrected chi connectivity index (χ3v) is 5.58. The van der Waals surface area contributed by atoms with Crippen molar-refractivity contribution in [2.75, 3.05) is 4.90 Å². The van der Waals surface area contributed by atoms with Crippen molar-refractivity contribution in [1.82, 2.24) is 0 Å². The van der Waals surface area contributed by atoms with Gasteiger partial charge in [0.25, 0.3) is 0 Å². The summed E-state index contributed by atoms with van der Waals surface area (Å²) < 4.78 is 14.5. The highest BCUT2D eigenvalue weighted by atomic mass is 32.1. The third-order valence-electron chi connectivity index (χ3n) is 4.88. The lowest BCUT2D eigenvalue weighted by molar-refractivity contribution is -0.116. The van der Waals surface area contributed by atoms with Crippen LogP contribution in [0.3, 0.4) is 0 Å². The van der Waals surface area contributed by atoms with Crippen molar-refractivity contribution >= 4 is 22.8 Å². The first-order chi connectivity index (χ1) is 12.6. The van der Waals surface area contributed by atoms with Crippen molar-refractivity contribution in [3.05, 3.63) is 75.1 Å². The van der Waals surface area contributed by atoms with E-state index in [4.69, 9.17) is 5.73 Å². The molecule has 0 radical (unpaired) electrons. The fourth-order valence-corrected chi connectivity index (χ4v) is 4.45. The first-order valence-electron chi connectivity index (χ1n) is 8.36. The first kappa shape index (κ1) is 16.6. The lowest BCUT2D eigenvalue weighted by Gasteiger charge is -2.39. The monoisotopic (exact) mass is 365 g/mol. The zero-order chi connectivity index (χ0) is 18.3. The van der Waals surface area contributed by atoms with E-state index in [0.717, 1.165) is 5.56 Å². The maximum Gasteiger partial charge on any atom is 0.161 e. The molecule has 0 saturated heterocycles. The summed E-state index contributed by atoms with van der Waals surface area (Å²) >= 11 is 1.51. The summed E-state index contributed by atoms with van der Waals surface area (Å²) in [5, 5.41) is 13.6. The molecule has 0 amide bonds. The van der Waals surface area contributed by atoms with E-state index in [1.807, 2.05) is 16.8 Å². The number of nitrogens with zero attached hydrogens (tertiary/aromatic N) is 2. The molecule has 0 fully saturated rings. The number of anilines is 1. The number of ketones is 1. The van der Waals surface area contributed by atoms with Crippen molar-refractivity contribution in [3.8, 4) is 6.07 Å². The Morgan fingerprint density at radius 2 is 2.08 bits per heavy atom. The van der Waals surface area contributed by atoms with Gasteiger partial charge in [-0.25, -0.2) is 4.39 Å². The van der Waals surface area contributed by atoms with E-state index in [0.29, 0.717) is 36.1 Å². The van der Waals surface area contributed by atoms with Crippen molar-refractivity contribution in [2.45, 2.75) is 25.2 Å². The zero-order valence-electron chi connectivity index (χ0n) is 13.9. The van der Waals surface area contributed by atoms with Crippen molar-refractivity contribution in [3.63, 3.8) is 0 Å². The van der Waals surface area contributed by atoms with Gasteiger partial charge in [0.15, 0.2) is 5.78 Å². The molecule has 0 unspecified atom stereocenters. The number of hydrogen-bond donors (Lipinski definition) is 1. The van der Waals surface area contributed by atoms with Crippen LogP contribution < -0.4 is 10.6 Å². The summed E-state index contributed by atoms with van der Waals surface area (Å²) in [6, 6.07) is 10.4. The molecule has 0 spiro atoms. The minimum absolute atomic E-state index is 0.00374. The molecule has 6 heteroatoms. The molecule has 2 heterocycles. The van der Waals surface area contributed by atoms with E-state index in [1.54, 1.807) is 23.1 Å². The second kappa shape index (κ2) is 6.43. The number of nitrogens with two attached hydrogens (primary N) is 1. The van der Waals surface area contributed by atoms with Gasteiger partial charge in [-0.1, -0.05) is 12.1 Å². The molecule has 0 saturated carbocycles. The van der Waals surface area contributed by atoms with E-state index in [-0.39, 0.29) is 17.3 Å². The maximum atomic E-state index is 14.5. The lowest BCUT2D eigenvalue weighted by atomic mass is 9.76. The van der Waals surface area contributed by atoms with E-state index >= 15 is 0 Å². The Morgan fingerprint density at radius 3 is 2.77 bits per heavy atom. The molecule has 1 aromatic carbocycles. The average molecular weight is 365 g/mol. The van der Waals surface area contributed by atoms with E-state index in [2.05, 4.69) is 6.07 Å². The van der Waals surface area contributed by atoms with Gasteiger partial charge < -0.3 is 5.73 Å². The molecule has 130 valence electrons. The molecule has 26 heavy (non-hydrogen) atoms. The van der Waals surface area contributed by atoms with E-state index < -0.39 is 11.7 Å². The zero-order valence-corrected chi connectivity index (χ0v) is 14.7. The number of para-hydroxylation sites is 1. The smallest absolute Gasteiger partial charge is 0.161 e. The maximum absolute atomic E-state index is 14.5. The molecule has 1 aromatic heterocycles. The van der Waals surface area contributed by atoms with Crippen LogP contribution in [0, 0.1) is 17.1 Å². The molecular weight excluding hydrogens is 349 g/mol. The second-order valence-electron chi connectivity index (χ2n) is 6.32. The Labute approximate surface area is 154 Å². The molecule has 1 aliphatic heterocycles. The quantitative estimate of drug-likeness (QED) is 0.866. The summed E-state index contributed by atoms with van der Waals surface area (Å²) in [7, 11) is 0. The molecule has 0 bridgehead atoms. The Bertz CT molecular complexity index is 985. The van der Waals surface area contributed by atoms with Gasteiger partial charge in [-0.15, -0.1) is 0 Å². The van der Waals surface area contributed by atoms with Crippen LogP contribution in [-0.4, -0.2) is 5.78 Å². The number of carbonyl (C=O) groups is 1. The Kier molecular flexibility index (Phi) is 4.09. The van der Waals surface area contributed by atoms with Crippen LogP contribution >= 0.6 is 11.3 Å². The van der Waals surface area contributed by atoms with Gasteiger partial charge in [0.1, 0.15) is 11.6 Å². The first-order valence-corrected chi connectivity index (χ1v) is 9.30. The lowest BCUT2D eigenvalue weighted by Crippen LogP contribution is -2.39. The minimum Gasteiger partial charge on any atom is -0.384 e. The largest absolute Gasteiger partial charge is 0.384 e. The number of thiophene rings is 1. The van der Waals surface area contributed by atoms with Crippen LogP contribution in [0.5, 0.6) is 0 Å². The van der Waals surface area contributed by atoms with E-state index in [1.165, 1.54) is 17.4 Å². The van der Waals surface area contributed by atoms with Gasteiger partial charge >= 0.3 is 0 Å². The number of benzene rings is 1. The van der Waals surface area contributed by atoms with Crippen molar-refractivity contribution in [1.29, 1.82) is 5.26 Å². The number of hydrogen-bond acceptors (Lipinski definition) is 5. The summed E-state index contributed by atoms with van der Waals surface area (Å²) in [6.45, 7) is 0. The number of rotatable bonds is 2. The topological polar surface area (TPSA) is 70.1 Å². The minimum atomic E-state index is -0.475. The second-order valence-corrected chi connectivity index (χ2v) is 7.10. The van der Waals surface area contributed by atoms with E-state index in [9.17, 15) is 14.4 Å². The number of halogens is 1. The fourth-order valence-electron chi connectivity index (χ4n) is 3.77. The number of Topliss-reactive ketones (excluding diaryl/α,β-unsaturated/α-hetero) is 1. The molecule has 1 atom stereocenters. The molecule has 2 N–H and O–H groups in total. The molecule has 4 nitrogen and oxygen atoms in total. The van der Waals surface area contributed by atoms with Crippen LogP contribution in [0.25, 0.3) is 0 Å². The SMILES string of the molecule is N#CC1=C(N)N(c2ccccc2F)C2=C(C(=O)CCC2)[C@@H]1c1ccsc1. The molecule has 4 rings (SSSR count). The number of nitriles is 1. The van der Waals surface area contributed by atoms with Gasteiger partial charge in [0.2, 0.25) is 0 Å². The van der Waals surface area contributed by atoms with Crippen molar-refractivity contribution < 1.29 is 9.18 Å². The van der Waals surface area contributed by atoms with Gasteiger partial charge in [0, 0.05) is 17.7 Å². The standard InChI is InChI=1S/C20H16FN3OS/c21-14-4-1-2-5-15(14)24-16-6-3-7-17(25)19(16)18(12-8-9-26-11-12)13(10-22)20(24)23/h1-2,4-5,8-9,11,18H,3,6-7,23H2/t18-/m1/s1. The highest BCUT2D eigenvalue weighted by Gasteiger charge is 2.40. The molecule has 2 aliphatic rings. The summed E-state index contributed by atoms with van der Waals surface area (Å²) in [5.74, 6) is -0.713. The average Bonchev–Trinajstić information content (AvgIpc) is 3.16. The molecule has 2 aromatic rings. The van der Waals surface area contributed by atoms with Gasteiger partial charge in [-0.2, -0.15) is 16.6 Å². The van der Waals surface area contributed by atoms with Gasteiger partial charge in [-0.3, -0.25) is 9.69 Å². The summed E-state index contributed by atoms with van der Waals surface area (Å²) in [4.78, 5) is 14.4. The van der Waals surface area contributed by atoms with Gasteiger partial charge in [-0.05, 0) is 47.4 Å². The predicted octanol–water partition coefficient (Wildman–Crippen LogP) is 4.19. The van der Waals surface area contributed by atoms with Crippen LogP contribution in [0.2, 0.25) is 0 Å². The van der Waals surface area contributed by atoms with Crippen molar-refractivity contribution in [2.24, 2.45) is 5.73 Å². The van der Waals surface area contributed by atoms with Crippen LogP contribution in [-0.2, 0) is 4.79 Å². The van der Waals surface area contributed by atoms with Gasteiger partial charge in [0.05, 0.1) is 23.2 Å². The number of allylic oxidation sites excluding steroid dienone is 3. The van der Waals surface area contributed by atoms with Crippen LogP contribution in [0.1, 0.15) is 30.7 Å². The Morgan fingerprint density at radius 1 is 1.27 bits per heavy atom. The third kappa shape index (κ3) is 2.44. The van der Waals surface area contributed by atoms with Crippen LogP contribution in [0.15, 0.2) is 63.8 Å². The Hall–Kier alpha value is -2.91. The summed E-state index contributed by atoms with van der Waals surface area (Å²) in [5.41, 5.74) is 9.08. The normalized spacial score (nSPS) is 20.2. The highest BCUT2D eigenvalue weighted by Crippen LogP contribution is 2.46. The Balaban J connectivity index is 2.00. The highest BCUT2D eigenvalue weighted by molar-refractivity contribution is 7.08.